The molecule has 2 N–H and O–H groups in total. The first-order valence-corrected chi connectivity index (χ1v) is 6.17. The van der Waals surface area contributed by atoms with Crippen LogP contribution in [-0.2, 0) is 4.79 Å². The molecule has 0 heterocycles. The van der Waals surface area contributed by atoms with Gasteiger partial charge in [0.1, 0.15) is 6.07 Å². The smallest absolute Gasteiger partial charge is 0.221 e. The Morgan fingerprint density at radius 3 is 2.88 bits per heavy atom. The Kier molecular flexibility index (Phi) is 5.50. The summed E-state index contributed by atoms with van der Waals surface area (Å²) in [6.45, 7) is 3.12. The molecule has 0 aliphatic carbocycles. The van der Waals surface area contributed by atoms with Crippen molar-refractivity contribution in [1.82, 2.24) is 5.32 Å². The van der Waals surface area contributed by atoms with E-state index in [-0.39, 0.29) is 5.91 Å². The van der Waals surface area contributed by atoms with Crippen molar-refractivity contribution in [1.29, 1.82) is 5.26 Å². The van der Waals surface area contributed by atoms with Gasteiger partial charge in [-0.2, -0.15) is 5.26 Å². The lowest BCUT2D eigenvalue weighted by Gasteiger charge is -2.07. The molecule has 0 aliphatic heterocycles. The van der Waals surface area contributed by atoms with Crippen LogP contribution < -0.4 is 10.6 Å². The SMILES string of the molecule is CCNC(=O)CCNc1ccc(C#N)c(Br)c1. The molecule has 5 heteroatoms. The van der Waals surface area contributed by atoms with Crippen LogP contribution in [0.2, 0.25) is 0 Å². The fourth-order valence-electron chi connectivity index (χ4n) is 1.32. The van der Waals surface area contributed by atoms with Gasteiger partial charge in [0, 0.05) is 29.7 Å². The number of hydrogen-bond acceptors (Lipinski definition) is 3. The monoisotopic (exact) mass is 295 g/mol. The number of nitrogens with zero attached hydrogens (tertiary/aromatic N) is 1. The number of anilines is 1. The third-order valence-corrected chi connectivity index (χ3v) is 2.80. The maximum Gasteiger partial charge on any atom is 0.221 e. The van der Waals surface area contributed by atoms with Crippen LogP contribution in [0.25, 0.3) is 0 Å². The van der Waals surface area contributed by atoms with Crippen molar-refractivity contribution in [3.63, 3.8) is 0 Å². The molecule has 0 aliphatic rings. The molecule has 0 aromatic heterocycles. The second kappa shape index (κ2) is 6.92. The minimum Gasteiger partial charge on any atom is -0.384 e. The molecule has 0 unspecified atom stereocenters. The molecule has 1 aromatic carbocycles. The number of hydrogen-bond donors (Lipinski definition) is 2. The number of carbonyl (C=O) groups excluding carboxylic acids is 1. The maximum atomic E-state index is 11.2. The molecule has 0 fully saturated rings. The van der Waals surface area contributed by atoms with Crippen LogP contribution in [0.4, 0.5) is 5.69 Å². The predicted molar refractivity (Wildman–Crippen MR) is 70.6 cm³/mol. The van der Waals surface area contributed by atoms with E-state index in [2.05, 4.69) is 32.6 Å². The summed E-state index contributed by atoms with van der Waals surface area (Å²) in [6, 6.07) is 7.46. The quantitative estimate of drug-likeness (QED) is 0.876. The Morgan fingerprint density at radius 1 is 1.53 bits per heavy atom. The van der Waals surface area contributed by atoms with Gasteiger partial charge in [-0.1, -0.05) is 0 Å². The van der Waals surface area contributed by atoms with Crippen LogP contribution in [0.5, 0.6) is 0 Å². The molecular weight excluding hydrogens is 282 g/mol. The zero-order valence-corrected chi connectivity index (χ0v) is 11.2. The Hall–Kier alpha value is -1.54. The van der Waals surface area contributed by atoms with E-state index in [0.29, 0.717) is 25.1 Å². The molecule has 0 radical (unpaired) electrons. The number of halogens is 1. The number of nitriles is 1. The summed E-state index contributed by atoms with van der Waals surface area (Å²) in [7, 11) is 0. The molecule has 0 atom stereocenters. The lowest BCUT2D eigenvalue weighted by atomic mass is 10.2. The van der Waals surface area contributed by atoms with Gasteiger partial charge in [-0.15, -0.1) is 0 Å². The number of carbonyl (C=O) groups is 1. The van der Waals surface area contributed by atoms with Gasteiger partial charge in [-0.25, -0.2) is 0 Å². The van der Waals surface area contributed by atoms with Gasteiger partial charge >= 0.3 is 0 Å². The van der Waals surface area contributed by atoms with E-state index in [1.54, 1.807) is 6.07 Å². The van der Waals surface area contributed by atoms with Gasteiger partial charge < -0.3 is 10.6 Å². The standard InChI is InChI=1S/C12H14BrN3O/c1-2-15-12(17)5-6-16-10-4-3-9(8-14)11(13)7-10/h3-4,7,16H,2,5-6H2,1H3,(H,15,17). The first-order valence-electron chi connectivity index (χ1n) is 5.37. The molecule has 0 spiro atoms. The fourth-order valence-corrected chi connectivity index (χ4v) is 1.79. The van der Waals surface area contributed by atoms with Crippen molar-refractivity contribution in [2.24, 2.45) is 0 Å². The Labute approximate surface area is 109 Å². The van der Waals surface area contributed by atoms with Gasteiger partial charge in [0.2, 0.25) is 5.91 Å². The summed E-state index contributed by atoms with van der Waals surface area (Å²) in [4.78, 5) is 11.2. The molecular formula is C12H14BrN3O. The largest absolute Gasteiger partial charge is 0.384 e. The van der Waals surface area contributed by atoms with Gasteiger partial charge in [0.25, 0.3) is 0 Å². The molecule has 4 nitrogen and oxygen atoms in total. The van der Waals surface area contributed by atoms with Crippen LogP contribution in [0.3, 0.4) is 0 Å². The van der Waals surface area contributed by atoms with E-state index in [9.17, 15) is 4.79 Å². The van der Waals surface area contributed by atoms with E-state index in [4.69, 9.17) is 5.26 Å². The van der Waals surface area contributed by atoms with Crippen molar-refractivity contribution in [2.45, 2.75) is 13.3 Å². The molecule has 1 aromatic rings. The van der Waals surface area contributed by atoms with Crippen molar-refractivity contribution in [3.05, 3.63) is 28.2 Å². The van der Waals surface area contributed by atoms with E-state index >= 15 is 0 Å². The molecule has 17 heavy (non-hydrogen) atoms. The number of amides is 1. The molecule has 0 bridgehead atoms. The van der Waals surface area contributed by atoms with Crippen LogP contribution in [0, 0.1) is 11.3 Å². The van der Waals surface area contributed by atoms with Gasteiger partial charge in [0.15, 0.2) is 0 Å². The van der Waals surface area contributed by atoms with Gasteiger partial charge in [-0.3, -0.25) is 4.79 Å². The normalized spacial score (nSPS) is 9.47. The first-order chi connectivity index (χ1) is 8.17. The topological polar surface area (TPSA) is 64.9 Å². The number of nitrogens with one attached hydrogen (secondary N) is 2. The summed E-state index contributed by atoms with van der Waals surface area (Å²) in [5.41, 5.74) is 1.49. The van der Waals surface area contributed by atoms with E-state index in [1.165, 1.54) is 0 Å². The summed E-state index contributed by atoms with van der Waals surface area (Å²) < 4.78 is 0.753. The minimum atomic E-state index is 0.0349. The molecule has 0 saturated heterocycles. The van der Waals surface area contributed by atoms with E-state index < -0.39 is 0 Å². The summed E-state index contributed by atoms with van der Waals surface area (Å²) in [6.07, 6.45) is 0.436. The van der Waals surface area contributed by atoms with Crippen molar-refractivity contribution in [3.8, 4) is 6.07 Å². The molecule has 1 amide bonds. The van der Waals surface area contributed by atoms with E-state index in [0.717, 1.165) is 10.2 Å². The lowest BCUT2D eigenvalue weighted by Crippen LogP contribution is -2.24. The first kappa shape index (κ1) is 13.5. The van der Waals surface area contributed by atoms with Crippen LogP contribution >= 0.6 is 15.9 Å². The van der Waals surface area contributed by atoms with Crippen molar-refractivity contribution in [2.75, 3.05) is 18.4 Å². The van der Waals surface area contributed by atoms with Crippen LogP contribution in [0.1, 0.15) is 18.9 Å². The van der Waals surface area contributed by atoms with Crippen LogP contribution in [0.15, 0.2) is 22.7 Å². The highest BCUT2D eigenvalue weighted by Gasteiger charge is 2.01. The van der Waals surface area contributed by atoms with Crippen molar-refractivity contribution < 1.29 is 4.79 Å². The fraction of sp³-hybridized carbons (Fsp3) is 0.333. The van der Waals surface area contributed by atoms with E-state index in [1.807, 2.05) is 19.1 Å². The Bertz CT molecular complexity index is 440. The lowest BCUT2D eigenvalue weighted by molar-refractivity contribution is -0.120. The molecule has 0 saturated carbocycles. The zero-order valence-electron chi connectivity index (χ0n) is 9.59. The zero-order chi connectivity index (χ0) is 12.7. The Morgan fingerprint density at radius 2 is 2.29 bits per heavy atom. The van der Waals surface area contributed by atoms with Crippen LogP contribution in [-0.4, -0.2) is 19.0 Å². The molecule has 1 rings (SSSR count). The average Bonchev–Trinajstić information content (AvgIpc) is 2.29. The maximum absolute atomic E-state index is 11.2. The predicted octanol–water partition coefficient (Wildman–Crippen LogP) is 2.26. The second-order valence-electron chi connectivity index (χ2n) is 3.44. The van der Waals surface area contributed by atoms with Gasteiger partial charge in [-0.05, 0) is 41.1 Å². The molecule has 90 valence electrons. The van der Waals surface area contributed by atoms with Gasteiger partial charge in [0.05, 0.1) is 5.56 Å². The summed E-state index contributed by atoms with van der Waals surface area (Å²) in [5.74, 6) is 0.0349. The number of rotatable bonds is 5. The number of benzene rings is 1. The second-order valence-corrected chi connectivity index (χ2v) is 4.29. The Balaban J connectivity index is 2.45. The third-order valence-electron chi connectivity index (χ3n) is 2.14. The summed E-state index contributed by atoms with van der Waals surface area (Å²) >= 11 is 3.31. The highest BCUT2D eigenvalue weighted by atomic mass is 79.9. The summed E-state index contributed by atoms with van der Waals surface area (Å²) in [5, 5.41) is 14.6. The average molecular weight is 296 g/mol. The minimum absolute atomic E-state index is 0.0349. The third kappa shape index (κ3) is 4.45. The van der Waals surface area contributed by atoms with Crippen molar-refractivity contribution >= 4 is 27.5 Å². The highest BCUT2D eigenvalue weighted by molar-refractivity contribution is 9.10. The highest BCUT2D eigenvalue weighted by Crippen LogP contribution is 2.20.